The van der Waals surface area contributed by atoms with Crippen LogP contribution in [-0.4, -0.2) is 11.1 Å². The highest BCUT2D eigenvalue weighted by Gasteiger charge is 2.12. The van der Waals surface area contributed by atoms with Crippen LogP contribution in [0.15, 0.2) is 28.8 Å². The van der Waals surface area contributed by atoms with E-state index in [0.717, 1.165) is 16.8 Å². The molecule has 0 unspecified atom stereocenters. The van der Waals surface area contributed by atoms with Crippen molar-refractivity contribution in [2.24, 2.45) is 0 Å². The number of hydrogen-bond acceptors (Lipinski definition) is 3. The zero-order chi connectivity index (χ0) is 12.4. The number of carbonyl (C=O) groups excluding carboxylic acids is 1. The van der Waals surface area contributed by atoms with Crippen LogP contribution in [-0.2, 0) is 0 Å². The van der Waals surface area contributed by atoms with Crippen LogP contribution in [0.5, 0.6) is 0 Å². The highest BCUT2D eigenvalue weighted by Crippen LogP contribution is 2.18. The highest BCUT2D eigenvalue weighted by atomic mass is 16.5. The van der Waals surface area contributed by atoms with Crippen LogP contribution in [0.2, 0.25) is 0 Å². The summed E-state index contributed by atoms with van der Waals surface area (Å²) in [5.74, 6) is 0.367. The number of aryl methyl sites for hydroxylation is 2. The Morgan fingerprint density at radius 3 is 2.71 bits per heavy atom. The number of aromatic nitrogens is 1. The second-order valence-corrected chi connectivity index (χ2v) is 4.02. The molecule has 0 spiro atoms. The molecule has 1 aromatic heterocycles. The Bertz CT molecular complexity index is 558. The molecule has 0 radical (unpaired) electrons. The number of nitrogens with zero attached hydrogens (tertiary/aromatic N) is 1. The maximum atomic E-state index is 11.9. The van der Waals surface area contributed by atoms with Gasteiger partial charge in [0.15, 0.2) is 5.69 Å². The van der Waals surface area contributed by atoms with Crippen molar-refractivity contribution in [2.75, 3.05) is 5.32 Å². The lowest BCUT2D eigenvalue weighted by atomic mass is 10.1. The molecular formula is C13H14N2O2. The van der Waals surface area contributed by atoms with E-state index in [9.17, 15) is 4.79 Å². The Kier molecular flexibility index (Phi) is 2.95. The monoisotopic (exact) mass is 230 g/mol. The molecule has 17 heavy (non-hydrogen) atoms. The molecule has 4 nitrogen and oxygen atoms in total. The van der Waals surface area contributed by atoms with E-state index >= 15 is 0 Å². The molecule has 1 heterocycles. The number of hydrogen-bond donors (Lipinski definition) is 1. The molecule has 0 saturated heterocycles. The molecule has 1 N–H and O–H groups in total. The third-order valence-corrected chi connectivity index (χ3v) is 2.71. The summed E-state index contributed by atoms with van der Waals surface area (Å²) in [4.78, 5) is 11.9. The minimum absolute atomic E-state index is 0.254. The van der Waals surface area contributed by atoms with E-state index in [1.807, 2.05) is 32.0 Å². The van der Waals surface area contributed by atoms with Crippen molar-refractivity contribution in [3.63, 3.8) is 0 Å². The molecule has 1 aromatic carbocycles. The minimum Gasteiger partial charge on any atom is -0.361 e. The Balaban J connectivity index is 2.21. The third kappa shape index (κ3) is 2.36. The summed E-state index contributed by atoms with van der Waals surface area (Å²) in [6, 6.07) is 7.39. The van der Waals surface area contributed by atoms with Gasteiger partial charge in [0.1, 0.15) is 5.76 Å². The molecule has 0 aliphatic carbocycles. The molecule has 4 heteroatoms. The van der Waals surface area contributed by atoms with Gasteiger partial charge in [0.05, 0.1) is 0 Å². The van der Waals surface area contributed by atoms with E-state index in [2.05, 4.69) is 10.5 Å². The predicted molar refractivity (Wildman–Crippen MR) is 65.1 cm³/mol. The topological polar surface area (TPSA) is 55.1 Å². The second-order valence-electron chi connectivity index (χ2n) is 4.02. The molecule has 0 aliphatic rings. The van der Waals surface area contributed by atoms with Crippen LogP contribution in [0, 0.1) is 20.8 Å². The fraction of sp³-hybridized carbons (Fsp3) is 0.231. The van der Waals surface area contributed by atoms with Crippen molar-refractivity contribution in [1.29, 1.82) is 0 Å². The normalized spacial score (nSPS) is 10.3. The molecule has 2 aromatic rings. The van der Waals surface area contributed by atoms with Crippen molar-refractivity contribution in [3.8, 4) is 0 Å². The lowest BCUT2D eigenvalue weighted by Crippen LogP contribution is -2.13. The summed E-state index contributed by atoms with van der Waals surface area (Å²) in [6.07, 6.45) is 0. The summed E-state index contributed by atoms with van der Waals surface area (Å²) in [6.45, 7) is 5.73. The van der Waals surface area contributed by atoms with Gasteiger partial charge in [-0.3, -0.25) is 4.79 Å². The van der Waals surface area contributed by atoms with Crippen LogP contribution < -0.4 is 5.32 Å². The fourth-order valence-electron chi connectivity index (χ4n) is 1.55. The Morgan fingerprint density at radius 1 is 1.29 bits per heavy atom. The molecule has 1 amide bonds. The van der Waals surface area contributed by atoms with Gasteiger partial charge in [0.25, 0.3) is 5.91 Å². The first-order valence-corrected chi connectivity index (χ1v) is 5.39. The van der Waals surface area contributed by atoms with Crippen LogP contribution in [0.3, 0.4) is 0 Å². The van der Waals surface area contributed by atoms with Gasteiger partial charge in [-0.15, -0.1) is 0 Å². The molecule has 0 aliphatic heterocycles. The molecule has 0 atom stereocenters. The summed E-state index contributed by atoms with van der Waals surface area (Å²) >= 11 is 0. The molecule has 0 saturated carbocycles. The molecule has 88 valence electrons. The van der Waals surface area contributed by atoms with E-state index in [1.165, 1.54) is 0 Å². The second kappa shape index (κ2) is 4.41. The van der Waals surface area contributed by atoms with E-state index in [1.54, 1.807) is 13.0 Å². The van der Waals surface area contributed by atoms with E-state index in [0.29, 0.717) is 11.5 Å². The lowest BCUT2D eigenvalue weighted by molar-refractivity contribution is 0.101. The van der Waals surface area contributed by atoms with Crippen LogP contribution in [0.1, 0.15) is 27.4 Å². The zero-order valence-electron chi connectivity index (χ0n) is 10.1. The Labute approximate surface area is 99.6 Å². The van der Waals surface area contributed by atoms with Crippen molar-refractivity contribution in [3.05, 3.63) is 46.8 Å². The highest BCUT2D eigenvalue weighted by molar-refractivity contribution is 6.03. The number of rotatable bonds is 2. The standard InChI is InChI=1S/C13H14N2O2/c1-8-5-4-6-11(10(8)3)14-13(16)12-7-9(2)17-15-12/h4-7H,1-3H3,(H,14,16). The fourth-order valence-corrected chi connectivity index (χ4v) is 1.55. The van der Waals surface area contributed by atoms with Crippen LogP contribution in [0.4, 0.5) is 5.69 Å². The first-order valence-electron chi connectivity index (χ1n) is 5.39. The Morgan fingerprint density at radius 2 is 2.06 bits per heavy atom. The van der Waals surface area contributed by atoms with E-state index < -0.39 is 0 Å². The first kappa shape index (κ1) is 11.4. The SMILES string of the molecule is Cc1cc(C(=O)Nc2cccc(C)c2C)no1. The first-order chi connectivity index (χ1) is 8.08. The van der Waals surface area contributed by atoms with Gasteiger partial charge in [-0.05, 0) is 38.0 Å². The van der Waals surface area contributed by atoms with Crippen molar-refractivity contribution in [2.45, 2.75) is 20.8 Å². The van der Waals surface area contributed by atoms with Gasteiger partial charge in [-0.1, -0.05) is 17.3 Å². The predicted octanol–water partition coefficient (Wildman–Crippen LogP) is 2.85. The van der Waals surface area contributed by atoms with Crippen molar-refractivity contribution >= 4 is 11.6 Å². The van der Waals surface area contributed by atoms with Gasteiger partial charge in [0.2, 0.25) is 0 Å². The smallest absolute Gasteiger partial charge is 0.277 e. The summed E-state index contributed by atoms with van der Waals surface area (Å²) < 4.78 is 4.87. The van der Waals surface area contributed by atoms with Crippen molar-refractivity contribution < 1.29 is 9.32 Å². The van der Waals surface area contributed by atoms with Gasteiger partial charge in [-0.25, -0.2) is 0 Å². The quantitative estimate of drug-likeness (QED) is 0.863. The minimum atomic E-state index is -0.254. The van der Waals surface area contributed by atoms with Crippen LogP contribution in [0.25, 0.3) is 0 Å². The maximum absolute atomic E-state index is 11.9. The molecule has 0 fully saturated rings. The largest absolute Gasteiger partial charge is 0.361 e. The van der Waals surface area contributed by atoms with E-state index in [-0.39, 0.29) is 5.91 Å². The number of benzene rings is 1. The average Bonchev–Trinajstić information content (AvgIpc) is 2.72. The van der Waals surface area contributed by atoms with Crippen molar-refractivity contribution in [1.82, 2.24) is 5.16 Å². The van der Waals surface area contributed by atoms with Gasteiger partial charge >= 0.3 is 0 Å². The number of nitrogens with one attached hydrogen (secondary N) is 1. The third-order valence-electron chi connectivity index (χ3n) is 2.71. The molecule has 0 bridgehead atoms. The summed E-state index contributed by atoms with van der Waals surface area (Å²) in [7, 11) is 0. The average molecular weight is 230 g/mol. The van der Waals surface area contributed by atoms with Crippen LogP contribution >= 0.6 is 0 Å². The number of amides is 1. The number of carbonyl (C=O) groups is 1. The van der Waals surface area contributed by atoms with E-state index in [4.69, 9.17) is 4.52 Å². The van der Waals surface area contributed by atoms with Gasteiger partial charge in [0, 0.05) is 11.8 Å². The maximum Gasteiger partial charge on any atom is 0.277 e. The zero-order valence-corrected chi connectivity index (χ0v) is 10.1. The summed E-state index contributed by atoms with van der Waals surface area (Å²) in [5, 5.41) is 6.50. The lowest BCUT2D eigenvalue weighted by Gasteiger charge is -2.08. The molecular weight excluding hydrogens is 216 g/mol. The van der Waals surface area contributed by atoms with Gasteiger partial charge < -0.3 is 9.84 Å². The van der Waals surface area contributed by atoms with Gasteiger partial charge in [-0.2, -0.15) is 0 Å². The summed E-state index contributed by atoms with van der Waals surface area (Å²) in [5.41, 5.74) is 3.29. The number of anilines is 1. The Hall–Kier alpha value is -2.10. The molecule has 2 rings (SSSR count).